The molecule has 1 aromatic rings. The highest BCUT2D eigenvalue weighted by Crippen LogP contribution is 2.46. The number of rotatable bonds is 4. The molecule has 3 rings (SSSR count). The Morgan fingerprint density at radius 2 is 1.68 bits per heavy atom. The van der Waals surface area contributed by atoms with Crippen molar-refractivity contribution in [1.29, 1.82) is 0 Å². The van der Waals surface area contributed by atoms with Gasteiger partial charge < -0.3 is 23.8 Å². The van der Waals surface area contributed by atoms with Crippen molar-refractivity contribution >= 4 is 34.7 Å². The minimum Gasteiger partial charge on any atom is -0.456 e. The lowest BCUT2D eigenvalue weighted by Gasteiger charge is -2.43. The lowest BCUT2D eigenvalue weighted by Crippen LogP contribution is -2.62. The fourth-order valence-electron chi connectivity index (χ4n) is 2.87. The summed E-state index contributed by atoms with van der Waals surface area (Å²) in [6.07, 6.45) is -3.32. The third-order valence-corrected chi connectivity index (χ3v) is 5.10. The van der Waals surface area contributed by atoms with Crippen LogP contribution >= 0.6 is 11.8 Å². The average molecular weight is 409 g/mol. The number of hydrogen-bond donors (Lipinski definition) is 0. The second-order valence-corrected chi connectivity index (χ2v) is 7.28. The molecule has 0 N–H and O–H groups in total. The van der Waals surface area contributed by atoms with Gasteiger partial charge in [0.05, 0.1) is 6.61 Å². The Bertz CT molecular complexity index is 798. The van der Waals surface area contributed by atoms with Gasteiger partial charge in [-0.1, -0.05) is 35.5 Å². The summed E-state index contributed by atoms with van der Waals surface area (Å²) in [4.78, 5) is 40.4. The van der Waals surface area contributed by atoms with Gasteiger partial charge in [-0.25, -0.2) is 0 Å². The number of esters is 3. The number of carbonyl (C=O) groups is 3. The van der Waals surface area contributed by atoms with Gasteiger partial charge in [-0.3, -0.25) is 14.4 Å². The van der Waals surface area contributed by atoms with Crippen LogP contribution in [-0.2, 0) is 38.2 Å². The summed E-state index contributed by atoms with van der Waals surface area (Å²) >= 11 is 1.09. The Hall–Kier alpha value is -2.59. The Kier molecular flexibility index (Phi) is 5.90. The molecule has 150 valence electrons. The first-order valence-corrected chi connectivity index (χ1v) is 9.28. The van der Waals surface area contributed by atoms with Crippen LogP contribution in [0.3, 0.4) is 0 Å². The molecule has 0 bridgehead atoms. The third-order valence-electron chi connectivity index (χ3n) is 3.89. The second-order valence-electron chi connectivity index (χ2n) is 6.12. The number of thioether (sulfide) groups is 1. The smallest absolute Gasteiger partial charge is 0.332 e. The van der Waals surface area contributed by atoms with Crippen molar-refractivity contribution in [3.63, 3.8) is 0 Å². The highest BCUT2D eigenvalue weighted by molar-refractivity contribution is 8.15. The van der Waals surface area contributed by atoms with Gasteiger partial charge in [0.2, 0.25) is 6.10 Å². The molecule has 2 aliphatic heterocycles. The molecule has 2 aliphatic rings. The zero-order chi connectivity index (χ0) is 20.3. The molecule has 1 fully saturated rings. The monoisotopic (exact) mass is 409 g/mol. The summed E-state index contributed by atoms with van der Waals surface area (Å²) < 4.78 is 21.7. The van der Waals surface area contributed by atoms with Crippen molar-refractivity contribution < 1.29 is 38.2 Å². The molecule has 9 nitrogen and oxygen atoms in total. The van der Waals surface area contributed by atoms with Crippen LogP contribution in [-0.4, -0.2) is 53.0 Å². The molecular formula is C18H19NO8S. The van der Waals surface area contributed by atoms with Gasteiger partial charge in [-0.15, -0.1) is 0 Å². The Balaban J connectivity index is 1.91. The van der Waals surface area contributed by atoms with Crippen molar-refractivity contribution in [3.8, 4) is 0 Å². The first kappa shape index (κ1) is 20.2. The van der Waals surface area contributed by atoms with E-state index >= 15 is 0 Å². The number of oxime groups is 1. The highest BCUT2D eigenvalue weighted by Gasteiger charge is 2.62. The second kappa shape index (κ2) is 8.19. The molecule has 0 aromatic heterocycles. The summed E-state index contributed by atoms with van der Waals surface area (Å²) in [5.41, 5.74) is 0.778. The molecular weight excluding hydrogens is 390 g/mol. The predicted molar refractivity (Wildman–Crippen MR) is 97.0 cm³/mol. The van der Waals surface area contributed by atoms with Crippen LogP contribution in [0.15, 0.2) is 35.5 Å². The van der Waals surface area contributed by atoms with Gasteiger partial charge in [0, 0.05) is 26.3 Å². The fourth-order valence-corrected chi connectivity index (χ4v) is 3.97. The normalized spacial score (nSPS) is 28.8. The van der Waals surface area contributed by atoms with Gasteiger partial charge in [-0.2, -0.15) is 0 Å². The lowest BCUT2D eigenvalue weighted by atomic mass is 10.0. The molecule has 28 heavy (non-hydrogen) atoms. The summed E-state index contributed by atoms with van der Waals surface area (Å²) in [6.45, 7) is 3.48. The molecule has 0 saturated carbocycles. The van der Waals surface area contributed by atoms with E-state index in [0.717, 1.165) is 17.3 Å². The van der Waals surface area contributed by atoms with E-state index < -0.39 is 41.3 Å². The SMILES string of the molecule is CC(=O)O[C@@H]1[C@@H](OC(C)=O)[C@]2(OC[C@H]1OC(C)=O)ON=C(c1ccccc1)S2. The van der Waals surface area contributed by atoms with Crippen LogP contribution in [0.25, 0.3) is 0 Å². The number of hydrogen-bond acceptors (Lipinski definition) is 10. The number of benzene rings is 1. The van der Waals surface area contributed by atoms with Gasteiger partial charge >= 0.3 is 23.0 Å². The van der Waals surface area contributed by atoms with Crippen molar-refractivity contribution in [2.75, 3.05) is 6.61 Å². The number of ether oxygens (including phenoxy) is 4. The molecule has 2 heterocycles. The third kappa shape index (κ3) is 4.28. The Labute approximate surface area is 165 Å². The maximum atomic E-state index is 11.7. The zero-order valence-electron chi connectivity index (χ0n) is 15.4. The molecule has 0 aliphatic carbocycles. The largest absolute Gasteiger partial charge is 0.456 e. The van der Waals surface area contributed by atoms with Gasteiger partial charge in [-0.05, 0) is 11.8 Å². The Morgan fingerprint density at radius 1 is 1.04 bits per heavy atom. The quantitative estimate of drug-likeness (QED) is 0.541. The minimum absolute atomic E-state index is 0.139. The van der Waals surface area contributed by atoms with E-state index in [0.29, 0.717) is 5.04 Å². The molecule has 1 spiro atoms. The van der Waals surface area contributed by atoms with Crippen molar-refractivity contribution in [2.45, 2.75) is 44.2 Å². The maximum Gasteiger partial charge on any atom is 0.332 e. The van der Waals surface area contributed by atoms with Crippen molar-refractivity contribution in [2.24, 2.45) is 5.16 Å². The molecule has 4 atom stereocenters. The van der Waals surface area contributed by atoms with Crippen LogP contribution in [0.2, 0.25) is 0 Å². The minimum atomic E-state index is -1.58. The van der Waals surface area contributed by atoms with Crippen molar-refractivity contribution in [1.82, 2.24) is 0 Å². The average Bonchev–Trinajstić information content (AvgIpc) is 3.06. The van der Waals surface area contributed by atoms with Gasteiger partial charge in [0.1, 0.15) is 5.04 Å². The first-order chi connectivity index (χ1) is 13.3. The van der Waals surface area contributed by atoms with Gasteiger partial charge in [0.25, 0.3) is 0 Å². The van der Waals surface area contributed by atoms with Crippen LogP contribution in [0.5, 0.6) is 0 Å². The van der Waals surface area contributed by atoms with E-state index in [9.17, 15) is 14.4 Å². The predicted octanol–water partition coefficient (Wildman–Crippen LogP) is 1.59. The summed E-state index contributed by atoms with van der Waals surface area (Å²) in [6, 6.07) is 9.21. The summed E-state index contributed by atoms with van der Waals surface area (Å²) in [5, 5.41) is 2.98. The van der Waals surface area contributed by atoms with E-state index in [-0.39, 0.29) is 6.61 Å². The number of nitrogens with zero attached hydrogens (tertiary/aromatic N) is 1. The van der Waals surface area contributed by atoms with Crippen LogP contribution < -0.4 is 0 Å². The van der Waals surface area contributed by atoms with E-state index in [4.69, 9.17) is 23.8 Å². The molecule has 10 heteroatoms. The first-order valence-electron chi connectivity index (χ1n) is 8.47. The summed E-state index contributed by atoms with van der Waals surface area (Å²) in [5.74, 6) is -1.88. The maximum absolute atomic E-state index is 11.7. The molecule has 0 radical (unpaired) electrons. The van der Waals surface area contributed by atoms with Crippen LogP contribution in [0.4, 0.5) is 0 Å². The van der Waals surface area contributed by atoms with Gasteiger partial charge in [0.15, 0.2) is 12.2 Å². The topological polar surface area (TPSA) is 110 Å². The zero-order valence-corrected chi connectivity index (χ0v) is 16.3. The van der Waals surface area contributed by atoms with Crippen LogP contribution in [0.1, 0.15) is 26.3 Å². The summed E-state index contributed by atoms with van der Waals surface area (Å²) in [7, 11) is 0. The molecule has 0 unspecified atom stereocenters. The highest BCUT2D eigenvalue weighted by atomic mass is 32.2. The fraction of sp³-hybridized carbons (Fsp3) is 0.444. The molecule has 0 amide bonds. The standard InChI is InChI=1S/C18H19NO8S/c1-10(20)24-14-9-23-18(16(26-12(3)22)15(14)25-11(2)21)27-19-17(28-18)13-7-5-4-6-8-13/h4-8,14-16H,9H2,1-3H3/t14-,15+,16-,18+/m1/s1. The molecule has 1 aromatic carbocycles. The van der Waals surface area contributed by atoms with E-state index in [1.807, 2.05) is 30.3 Å². The van der Waals surface area contributed by atoms with E-state index in [2.05, 4.69) is 5.16 Å². The molecule has 1 saturated heterocycles. The van der Waals surface area contributed by atoms with E-state index in [1.165, 1.54) is 20.8 Å². The number of carbonyl (C=O) groups excluding carboxylic acids is 3. The Morgan fingerprint density at radius 3 is 2.29 bits per heavy atom. The van der Waals surface area contributed by atoms with E-state index in [1.54, 1.807) is 0 Å². The van der Waals surface area contributed by atoms with Crippen LogP contribution in [0, 0.1) is 0 Å². The van der Waals surface area contributed by atoms with Crippen molar-refractivity contribution in [3.05, 3.63) is 35.9 Å². The lowest BCUT2D eigenvalue weighted by molar-refractivity contribution is -0.296.